The van der Waals surface area contributed by atoms with E-state index < -0.39 is 65.8 Å². The van der Waals surface area contributed by atoms with E-state index >= 15 is 0 Å². The minimum absolute atomic E-state index is 0.145. The van der Waals surface area contributed by atoms with Crippen LogP contribution in [0.3, 0.4) is 0 Å². The number of amides is 2. The first-order chi connectivity index (χ1) is 17.2. The minimum atomic E-state index is -1.48. The molecule has 0 saturated heterocycles. The molecule has 0 fully saturated rings. The second kappa shape index (κ2) is 10.6. The highest BCUT2D eigenvalue weighted by atomic mass is 127. The molecule has 2 N–H and O–H groups in total. The molecular formula is C24H16F3IN2O6. The summed E-state index contributed by atoms with van der Waals surface area (Å²) >= 11 is 1.87. The van der Waals surface area contributed by atoms with Crippen molar-refractivity contribution < 1.29 is 42.2 Å². The number of hydroxylamine groups is 2. The number of ether oxygens (including phenoxy) is 1. The van der Waals surface area contributed by atoms with Gasteiger partial charge in [-0.15, -0.1) is 5.06 Å². The predicted octanol–water partition coefficient (Wildman–Crippen LogP) is 4.20. The lowest BCUT2D eigenvalue weighted by Gasteiger charge is -2.17. The Morgan fingerprint density at radius 2 is 1.64 bits per heavy atom. The van der Waals surface area contributed by atoms with Crippen LogP contribution < -0.4 is 5.32 Å². The summed E-state index contributed by atoms with van der Waals surface area (Å²) in [5.74, 6) is -6.04. The van der Waals surface area contributed by atoms with E-state index in [2.05, 4.69) is 5.32 Å². The number of nitrogens with one attached hydrogen (secondary N) is 1. The Kier molecular flexibility index (Phi) is 7.56. The zero-order chi connectivity index (χ0) is 26.0. The molecule has 1 atom stereocenters. The number of aliphatic hydroxyl groups excluding tert-OH is 1. The summed E-state index contributed by atoms with van der Waals surface area (Å²) in [4.78, 5) is 42.2. The fourth-order valence-electron chi connectivity index (χ4n) is 3.31. The van der Waals surface area contributed by atoms with Crippen LogP contribution in [0.5, 0.6) is 0 Å². The van der Waals surface area contributed by atoms with Gasteiger partial charge in [0.05, 0.1) is 28.1 Å². The summed E-state index contributed by atoms with van der Waals surface area (Å²) in [5.41, 5.74) is -1.03. The molecule has 2 amide bonds. The molecule has 1 heterocycles. The lowest BCUT2D eigenvalue weighted by atomic mass is 10.1. The third-order valence-electron chi connectivity index (χ3n) is 5.07. The monoisotopic (exact) mass is 612 g/mol. The normalized spacial score (nSPS) is 13.5. The number of rotatable bonds is 8. The van der Waals surface area contributed by atoms with Gasteiger partial charge in [-0.25, -0.2) is 18.0 Å². The molecule has 0 spiro atoms. The number of aliphatic hydroxyl groups is 1. The van der Waals surface area contributed by atoms with Crippen LogP contribution in [0.1, 0.15) is 31.1 Å². The van der Waals surface area contributed by atoms with Crippen molar-refractivity contribution >= 4 is 51.7 Å². The number of carbonyl (C=O) groups is 3. The van der Waals surface area contributed by atoms with Crippen LogP contribution in [0, 0.1) is 21.0 Å². The maximum absolute atomic E-state index is 14.5. The van der Waals surface area contributed by atoms with Crippen molar-refractivity contribution in [2.75, 3.05) is 18.5 Å². The number of fused-ring (bicyclic) bond motifs is 1. The minimum Gasteiger partial charge on any atom is -0.459 e. The van der Waals surface area contributed by atoms with Crippen LogP contribution in [-0.4, -0.2) is 47.3 Å². The third-order valence-corrected chi connectivity index (χ3v) is 5.74. The predicted molar refractivity (Wildman–Crippen MR) is 128 cm³/mol. The van der Waals surface area contributed by atoms with Crippen molar-refractivity contribution in [2.24, 2.45) is 0 Å². The Morgan fingerprint density at radius 3 is 2.28 bits per heavy atom. The highest BCUT2D eigenvalue weighted by Crippen LogP contribution is 2.29. The van der Waals surface area contributed by atoms with Crippen LogP contribution >= 0.6 is 22.6 Å². The highest BCUT2D eigenvalue weighted by molar-refractivity contribution is 14.1. The first-order valence-corrected chi connectivity index (χ1v) is 11.4. The number of benzene rings is 3. The van der Waals surface area contributed by atoms with Gasteiger partial charge in [0.2, 0.25) is 0 Å². The van der Waals surface area contributed by atoms with Crippen LogP contribution in [0.15, 0.2) is 54.6 Å². The van der Waals surface area contributed by atoms with E-state index in [9.17, 15) is 32.7 Å². The first-order valence-electron chi connectivity index (χ1n) is 10.3. The van der Waals surface area contributed by atoms with Gasteiger partial charge < -0.3 is 15.2 Å². The van der Waals surface area contributed by atoms with Crippen LogP contribution in [-0.2, 0) is 9.57 Å². The number of anilines is 2. The van der Waals surface area contributed by atoms with E-state index in [0.29, 0.717) is 14.7 Å². The summed E-state index contributed by atoms with van der Waals surface area (Å²) < 4.78 is 48.1. The van der Waals surface area contributed by atoms with Gasteiger partial charge in [0.25, 0.3) is 11.8 Å². The Labute approximate surface area is 215 Å². The standard InChI is InChI=1S/C24H16F3IN2O6/c25-17-7-6-16(21(20(17)27)29-19-8-5-12(28)9-18(19)26)24(34)35-10-13(31)11-36-30-22(32)14-3-1-2-4-15(14)23(30)33/h1-9,13,29,31H,10-11H2/t13-/m0/s1. The molecule has 0 radical (unpaired) electrons. The first kappa shape index (κ1) is 25.6. The molecular weight excluding hydrogens is 596 g/mol. The molecule has 3 aromatic carbocycles. The molecule has 1 aliphatic heterocycles. The number of hydrogen-bond donors (Lipinski definition) is 2. The summed E-state index contributed by atoms with van der Waals surface area (Å²) in [6, 6.07) is 11.7. The van der Waals surface area contributed by atoms with Gasteiger partial charge in [-0.05, 0) is 65.1 Å². The molecule has 0 aliphatic carbocycles. The van der Waals surface area contributed by atoms with E-state index in [1.807, 2.05) is 22.6 Å². The van der Waals surface area contributed by atoms with Gasteiger partial charge in [0, 0.05) is 3.57 Å². The highest BCUT2D eigenvalue weighted by Gasteiger charge is 2.37. The molecule has 0 saturated carbocycles. The Balaban J connectivity index is 1.40. The van der Waals surface area contributed by atoms with E-state index in [0.717, 1.165) is 12.1 Å². The van der Waals surface area contributed by atoms with Crippen molar-refractivity contribution in [2.45, 2.75) is 6.10 Å². The number of imide groups is 1. The Morgan fingerprint density at radius 1 is 0.972 bits per heavy atom. The molecule has 0 aromatic heterocycles. The maximum Gasteiger partial charge on any atom is 0.340 e. The second-order valence-corrected chi connectivity index (χ2v) is 8.78. The van der Waals surface area contributed by atoms with Gasteiger partial charge >= 0.3 is 5.97 Å². The summed E-state index contributed by atoms with van der Waals surface area (Å²) in [6.07, 6.45) is -1.48. The topological polar surface area (TPSA) is 105 Å². The average Bonchev–Trinajstić information content (AvgIpc) is 3.10. The van der Waals surface area contributed by atoms with Crippen LogP contribution in [0.2, 0.25) is 0 Å². The summed E-state index contributed by atoms with van der Waals surface area (Å²) in [7, 11) is 0. The number of esters is 1. The molecule has 0 unspecified atom stereocenters. The zero-order valence-electron chi connectivity index (χ0n) is 18.1. The van der Waals surface area contributed by atoms with Crippen molar-refractivity contribution in [1.29, 1.82) is 0 Å². The zero-order valence-corrected chi connectivity index (χ0v) is 20.3. The van der Waals surface area contributed by atoms with E-state index in [4.69, 9.17) is 9.57 Å². The molecule has 4 rings (SSSR count). The van der Waals surface area contributed by atoms with Gasteiger partial charge in [-0.3, -0.25) is 14.4 Å². The second-order valence-electron chi connectivity index (χ2n) is 7.53. The van der Waals surface area contributed by atoms with Gasteiger partial charge in [-0.1, -0.05) is 12.1 Å². The van der Waals surface area contributed by atoms with Gasteiger partial charge in [-0.2, -0.15) is 0 Å². The maximum atomic E-state index is 14.5. The number of hydrogen-bond acceptors (Lipinski definition) is 7. The molecule has 0 bridgehead atoms. The fourth-order valence-corrected chi connectivity index (χ4v) is 3.76. The number of halogens is 4. The van der Waals surface area contributed by atoms with E-state index in [1.54, 1.807) is 12.1 Å². The Bertz CT molecular complexity index is 1330. The number of nitrogens with zero attached hydrogens (tertiary/aromatic N) is 1. The molecule has 1 aliphatic rings. The van der Waals surface area contributed by atoms with Crippen LogP contribution in [0.4, 0.5) is 24.5 Å². The molecule has 36 heavy (non-hydrogen) atoms. The van der Waals surface area contributed by atoms with Crippen molar-refractivity contribution in [3.63, 3.8) is 0 Å². The smallest absolute Gasteiger partial charge is 0.340 e. The largest absolute Gasteiger partial charge is 0.459 e. The van der Waals surface area contributed by atoms with E-state index in [1.165, 1.54) is 24.3 Å². The SMILES string of the molecule is O=C(OC[C@H](O)CON1C(=O)c2ccccc2C1=O)c1ccc(F)c(F)c1Nc1ccc(I)cc1F. The lowest BCUT2D eigenvalue weighted by Crippen LogP contribution is -2.34. The summed E-state index contributed by atoms with van der Waals surface area (Å²) in [6.45, 7) is -1.26. The third kappa shape index (κ3) is 5.20. The lowest BCUT2D eigenvalue weighted by molar-refractivity contribution is -0.122. The quantitative estimate of drug-likeness (QED) is 0.223. The summed E-state index contributed by atoms with van der Waals surface area (Å²) in [5, 5.41) is 13.0. The molecule has 3 aromatic rings. The van der Waals surface area contributed by atoms with Crippen molar-refractivity contribution in [3.8, 4) is 0 Å². The fraction of sp³-hybridized carbons (Fsp3) is 0.125. The van der Waals surface area contributed by atoms with E-state index in [-0.39, 0.29) is 16.8 Å². The van der Waals surface area contributed by atoms with Crippen LogP contribution in [0.25, 0.3) is 0 Å². The van der Waals surface area contributed by atoms with Gasteiger partial charge in [0.15, 0.2) is 11.6 Å². The Hall–Kier alpha value is -3.49. The van der Waals surface area contributed by atoms with Crippen molar-refractivity contribution in [1.82, 2.24) is 5.06 Å². The molecule has 12 heteroatoms. The number of carbonyl (C=O) groups excluding carboxylic acids is 3. The molecule has 8 nitrogen and oxygen atoms in total. The average molecular weight is 612 g/mol. The van der Waals surface area contributed by atoms with Crippen molar-refractivity contribution in [3.05, 3.63) is 92.3 Å². The van der Waals surface area contributed by atoms with Gasteiger partial charge in [0.1, 0.15) is 25.1 Å². The molecule has 186 valence electrons.